The first-order chi connectivity index (χ1) is 13.0. The number of halogens is 4. The third-order valence-electron chi connectivity index (χ3n) is 4.77. The van der Waals surface area contributed by atoms with Crippen molar-refractivity contribution in [1.82, 2.24) is 15.5 Å². The first-order valence-corrected chi connectivity index (χ1v) is 8.46. The molecule has 1 saturated carbocycles. The summed E-state index contributed by atoms with van der Waals surface area (Å²) in [6.07, 6.45) is 0.477. The Balaban J connectivity index is 1.65. The van der Waals surface area contributed by atoms with Crippen molar-refractivity contribution in [3.63, 3.8) is 0 Å². The molecule has 27 heavy (non-hydrogen) atoms. The van der Waals surface area contributed by atoms with Gasteiger partial charge in [0.05, 0.1) is 22.8 Å². The number of nitrogens with one attached hydrogen (secondary N) is 2. The van der Waals surface area contributed by atoms with E-state index in [0.717, 1.165) is 34.9 Å². The average molecular weight is 377 g/mol. The Morgan fingerprint density at radius 3 is 2.74 bits per heavy atom. The molecule has 0 aliphatic heterocycles. The van der Waals surface area contributed by atoms with Gasteiger partial charge in [-0.1, -0.05) is 6.07 Å². The van der Waals surface area contributed by atoms with Crippen LogP contribution in [-0.2, 0) is 6.54 Å². The van der Waals surface area contributed by atoms with Crippen LogP contribution in [0.5, 0.6) is 0 Å². The predicted octanol–water partition coefficient (Wildman–Crippen LogP) is 4.59. The summed E-state index contributed by atoms with van der Waals surface area (Å²) in [4.78, 5) is 12.4. The second-order valence-electron chi connectivity index (χ2n) is 6.57. The highest BCUT2D eigenvalue weighted by atomic mass is 19.3. The molecule has 4 nitrogen and oxygen atoms in total. The maximum absolute atomic E-state index is 13.7. The minimum atomic E-state index is -3.23. The van der Waals surface area contributed by atoms with Gasteiger partial charge in [-0.15, -0.1) is 0 Å². The Hall–Kier alpha value is -2.90. The van der Waals surface area contributed by atoms with Gasteiger partial charge in [-0.2, -0.15) is 5.10 Å². The van der Waals surface area contributed by atoms with Gasteiger partial charge in [-0.25, -0.2) is 17.6 Å². The third kappa shape index (κ3) is 3.27. The van der Waals surface area contributed by atoms with Gasteiger partial charge in [0.2, 0.25) is 0 Å². The zero-order valence-corrected chi connectivity index (χ0v) is 14.0. The molecule has 0 unspecified atom stereocenters. The van der Waals surface area contributed by atoms with Gasteiger partial charge in [0.1, 0.15) is 11.6 Å². The maximum Gasteiger partial charge on any atom is 0.267 e. The normalized spacial score (nSPS) is 14.1. The molecule has 4 rings (SSSR count). The van der Waals surface area contributed by atoms with Gasteiger partial charge in [0.25, 0.3) is 12.3 Å². The lowest BCUT2D eigenvalue weighted by molar-refractivity contribution is 0.0933. The van der Waals surface area contributed by atoms with Crippen LogP contribution < -0.4 is 5.32 Å². The summed E-state index contributed by atoms with van der Waals surface area (Å²) in [6.45, 7) is 0.0440. The van der Waals surface area contributed by atoms with Gasteiger partial charge >= 0.3 is 0 Å². The third-order valence-corrected chi connectivity index (χ3v) is 4.77. The van der Waals surface area contributed by atoms with E-state index >= 15 is 0 Å². The van der Waals surface area contributed by atoms with Crippen LogP contribution in [0.4, 0.5) is 17.6 Å². The Morgan fingerprint density at radius 2 is 2.04 bits per heavy atom. The highest BCUT2D eigenvalue weighted by Crippen LogP contribution is 2.43. The SMILES string of the molecule is O=C(NCc1c(C2CC2)ccc2[nH]ncc12)c1cc(F)cc(F)c1C(F)F. The largest absolute Gasteiger partial charge is 0.348 e. The second-order valence-corrected chi connectivity index (χ2v) is 6.57. The molecule has 8 heteroatoms. The zero-order valence-electron chi connectivity index (χ0n) is 14.0. The van der Waals surface area contributed by atoms with Crippen LogP contribution >= 0.6 is 0 Å². The molecule has 3 aromatic rings. The molecule has 1 aromatic heterocycles. The number of amides is 1. The number of carbonyl (C=O) groups excluding carboxylic acids is 1. The quantitative estimate of drug-likeness (QED) is 0.639. The molecule has 140 valence electrons. The number of rotatable bonds is 5. The molecule has 0 saturated heterocycles. The Morgan fingerprint density at radius 1 is 1.26 bits per heavy atom. The van der Waals surface area contributed by atoms with Crippen LogP contribution in [0.1, 0.15) is 52.2 Å². The Labute approximate surface area is 151 Å². The van der Waals surface area contributed by atoms with E-state index in [1.165, 1.54) is 0 Å². The van der Waals surface area contributed by atoms with Crippen LogP contribution in [-0.4, -0.2) is 16.1 Å². The number of benzene rings is 2. The lowest BCUT2D eigenvalue weighted by Crippen LogP contribution is -2.25. The van der Waals surface area contributed by atoms with Crippen LogP contribution in [0.25, 0.3) is 10.9 Å². The van der Waals surface area contributed by atoms with Crippen molar-refractivity contribution in [2.75, 3.05) is 0 Å². The summed E-state index contributed by atoms with van der Waals surface area (Å²) >= 11 is 0. The molecule has 2 aromatic carbocycles. The number of aromatic nitrogens is 2. The van der Waals surface area contributed by atoms with Crippen molar-refractivity contribution in [3.05, 3.63) is 64.4 Å². The van der Waals surface area contributed by atoms with E-state index in [1.54, 1.807) is 6.20 Å². The fraction of sp³-hybridized carbons (Fsp3) is 0.263. The lowest BCUT2D eigenvalue weighted by Gasteiger charge is -2.14. The number of H-pyrrole nitrogens is 1. The van der Waals surface area contributed by atoms with E-state index in [0.29, 0.717) is 18.1 Å². The first kappa shape index (κ1) is 17.5. The molecule has 0 radical (unpaired) electrons. The van der Waals surface area contributed by atoms with Gasteiger partial charge in [0, 0.05) is 18.0 Å². The molecular formula is C19H15F4N3O. The number of alkyl halides is 2. The molecular weight excluding hydrogens is 362 g/mol. The predicted molar refractivity (Wildman–Crippen MR) is 90.6 cm³/mol. The minimum Gasteiger partial charge on any atom is -0.348 e. The summed E-state index contributed by atoms with van der Waals surface area (Å²) in [5.74, 6) is -3.09. The summed E-state index contributed by atoms with van der Waals surface area (Å²) < 4.78 is 53.4. The highest BCUT2D eigenvalue weighted by molar-refractivity contribution is 5.96. The number of fused-ring (bicyclic) bond motifs is 1. The van der Waals surface area contributed by atoms with Crippen molar-refractivity contribution in [1.29, 1.82) is 0 Å². The Bertz CT molecular complexity index is 1030. The monoisotopic (exact) mass is 377 g/mol. The van der Waals surface area contributed by atoms with E-state index in [4.69, 9.17) is 0 Å². The number of carbonyl (C=O) groups is 1. The van der Waals surface area contributed by atoms with Gasteiger partial charge in [-0.05, 0) is 42.0 Å². The average Bonchev–Trinajstić information content (AvgIpc) is 3.34. The van der Waals surface area contributed by atoms with Gasteiger partial charge < -0.3 is 5.32 Å². The smallest absolute Gasteiger partial charge is 0.267 e. The summed E-state index contributed by atoms with van der Waals surface area (Å²) in [5, 5.41) is 10.2. The Kier molecular flexibility index (Phi) is 4.33. The van der Waals surface area contributed by atoms with Crippen molar-refractivity contribution < 1.29 is 22.4 Å². The molecule has 1 aliphatic rings. The minimum absolute atomic E-state index is 0.0440. The van der Waals surface area contributed by atoms with E-state index in [-0.39, 0.29) is 6.54 Å². The number of aromatic amines is 1. The van der Waals surface area contributed by atoms with Crippen LogP contribution in [0.15, 0.2) is 30.5 Å². The van der Waals surface area contributed by atoms with Crippen molar-refractivity contribution in [3.8, 4) is 0 Å². The molecule has 1 fully saturated rings. The van der Waals surface area contributed by atoms with Crippen molar-refractivity contribution in [2.45, 2.75) is 31.7 Å². The molecule has 1 heterocycles. The lowest BCUT2D eigenvalue weighted by atomic mass is 9.99. The van der Waals surface area contributed by atoms with E-state index in [9.17, 15) is 22.4 Å². The molecule has 1 aliphatic carbocycles. The van der Waals surface area contributed by atoms with E-state index < -0.39 is 35.1 Å². The fourth-order valence-electron chi connectivity index (χ4n) is 3.33. The maximum atomic E-state index is 13.7. The number of hydrogen-bond acceptors (Lipinski definition) is 2. The molecule has 2 N–H and O–H groups in total. The van der Waals surface area contributed by atoms with Crippen molar-refractivity contribution in [2.24, 2.45) is 0 Å². The van der Waals surface area contributed by atoms with E-state index in [1.807, 2.05) is 12.1 Å². The standard InChI is InChI=1S/C19H15F4N3O/c20-10-5-12(17(18(22)23)15(21)6-10)19(27)24-7-13-11(9-1-2-9)3-4-16-14(13)8-25-26-16/h3-6,8-9,18H,1-2,7H2,(H,24,27)(H,25,26). The number of hydrogen-bond donors (Lipinski definition) is 2. The van der Waals surface area contributed by atoms with Gasteiger partial charge in [0.15, 0.2) is 0 Å². The van der Waals surface area contributed by atoms with Crippen LogP contribution in [0.3, 0.4) is 0 Å². The number of nitrogens with zero attached hydrogens (tertiary/aromatic N) is 1. The molecule has 0 bridgehead atoms. The van der Waals surface area contributed by atoms with Crippen LogP contribution in [0, 0.1) is 11.6 Å². The zero-order chi connectivity index (χ0) is 19.1. The summed E-state index contributed by atoms with van der Waals surface area (Å²) in [5.41, 5.74) is 0.873. The first-order valence-electron chi connectivity index (χ1n) is 8.46. The van der Waals surface area contributed by atoms with E-state index in [2.05, 4.69) is 15.5 Å². The van der Waals surface area contributed by atoms with Crippen LogP contribution in [0.2, 0.25) is 0 Å². The van der Waals surface area contributed by atoms with Gasteiger partial charge in [-0.3, -0.25) is 9.89 Å². The highest BCUT2D eigenvalue weighted by Gasteiger charge is 2.28. The molecule has 0 spiro atoms. The fourth-order valence-corrected chi connectivity index (χ4v) is 3.33. The summed E-state index contributed by atoms with van der Waals surface area (Å²) in [7, 11) is 0. The molecule has 1 amide bonds. The second kappa shape index (κ2) is 6.68. The topological polar surface area (TPSA) is 57.8 Å². The molecule has 0 atom stereocenters. The van der Waals surface area contributed by atoms with Crippen molar-refractivity contribution >= 4 is 16.8 Å². The summed E-state index contributed by atoms with van der Waals surface area (Å²) in [6, 6.07) is 4.82.